The lowest BCUT2D eigenvalue weighted by molar-refractivity contribution is 1.05. The van der Waals surface area contributed by atoms with E-state index in [-0.39, 0.29) is 0 Å². The van der Waals surface area contributed by atoms with Crippen molar-refractivity contribution in [3.63, 3.8) is 0 Å². The first kappa shape index (κ1) is 14.9. The molecule has 0 saturated heterocycles. The Morgan fingerprint density at radius 2 is 1.84 bits per heavy atom. The third kappa shape index (κ3) is 2.80. The molecule has 0 bridgehead atoms. The molecule has 3 aromatic heterocycles. The van der Waals surface area contributed by atoms with E-state index in [9.17, 15) is 0 Å². The Bertz CT molecular complexity index is 1030. The van der Waals surface area contributed by atoms with E-state index >= 15 is 0 Å². The van der Waals surface area contributed by atoms with Gasteiger partial charge >= 0.3 is 0 Å². The standard InChI is InChI=1S/C17H14N8/c1-18-17-16(15(23-25-17)11-5-7-19-8-6-11)24-22-14-4-2-3-12-9-20-21-10-13(12)14/h2-10H,1H3,(H2,18,23,25). The molecule has 1 aromatic carbocycles. The third-order valence-corrected chi connectivity index (χ3v) is 3.77. The van der Waals surface area contributed by atoms with Gasteiger partial charge in [-0.15, -0.1) is 10.2 Å². The lowest BCUT2D eigenvalue weighted by atomic mass is 10.2. The Labute approximate surface area is 143 Å². The number of nitrogens with zero attached hydrogens (tertiary/aromatic N) is 6. The van der Waals surface area contributed by atoms with Crippen LogP contribution in [0.1, 0.15) is 0 Å². The van der Waals surface area contributed by atoms with Crippen molar-refractivity contribution in [3.8, 4) is 11.3 Å². The number of rotatable bonds is 4. The van der Waals surface area contributed by atoms with E-state index in [1.54, 1.807) is 31.8 Å². The minimum absolute atomic E-state index is 0.621. The zero-order chi connectivity index (χ0) is 17.1. The van der Waals surface area contributed by atoms with E-state index in [1.807, 2.05) is 30.3 Å². The summed E-state index contributed by atoms with van der Waals surface area (Å²) >= 11 is 0. The minimum atomic E-state index is 0.621. The van der Waals surface area contributed by atoms with Crippen LogP contribution in [-0.4, -0.2) is 32.4 Å². The van der Waals surface area contributed by atoms with Gasteiger partial charge in [-0.3, -0.25) is 10.1 Å². The number of nitrogens with one attached hydrogen (secondary N) is 2. The number of anilines is 1. The Balaban J connectivity index is 1.80. The van der Waals surface area contributed by atoms with Crippen LogP contribution >= 0.6 is 0 Å². The molecule has 122 valence electrons. The average molecular weight is 330 g/mol. The maximum atomic E-state index is 4.43. The Morgan fingerprint density at radius 1 is 1.00 bits per heavy atom. The summed E-state index contributed by atoms with van der Waals surface area (Å²) in [5, 5.41) is 28.8. The summed E-state index contributed by atoms with van der Waals surface area (Å²) in [4.78, 5) is 4.04. The number of aromatic nitrogens is 5. The summed E-state index contributed by atoms with van der Waals surface area (Å²) in [5.74, 6) is 0.621. The quantitative estimate of drug-likeness (QED) is 0.553. The first-order valence-corrected chi connectivity index (χ1v) is 7.64. The van der Waals surface area contributed by atoms with Gasteiger partial charge in [-0.05, 0) is 18.2 Å². The van der Waals surface area contributed by atoms with E-state index in [0.29, 0.717) is 11.5 Å². The topological polar surface area (TPSA) is 104 Å². The highest BCUT2D eigenvalue weighted by atomic mass is 15.2. The zero-order valence-electron chi connectivity index (χ0n) is 13.4. The molecule has 0 unspecified atom stereocenters. The second kappa shape index (κ2) is 6.44. The maximum Gasteiger partial charge on any atom is 0.176 e. The predicted molar refractivity (Wildman–Crippen MR) is 95.1 cm³/mol. The van der Waals surface area contributed by atoms with Crippen LogP contribution in [0.3, 0.4) is 0 Å². The van der Waals surface area contributed by atoms with Gasteiger partial charge in [0, 0.05) is 35.8 Å². The van der Waals surface area contributed by atoms with Crippen molar-refractivity contribution in [2.75, 3.05) is 12.4 Å². The average Bonchev–Trinajstić information content (AvgIpc) is 3.10. The first-order chi connectivity index (χ1) is 12.4. The number of hydrogen-bond donors (Lipinski definition) is 2. The van der Waals surface area contributed by atoms with Crippen molar-refractivity contribution in [2.45, 2.75) is 0 Å². The molecule has 25 heavy (non-hydrogen) atoms. The molecule has 0 aliphatic heterocycles. The van der Waals surface area contributed by atoms with E-state index in [1.165, 1.54) is 0 Å². The van der Waals surface area contributed by atoms with Crippen molar-refractivity contribution in [2.24, 2.45) is 10.2 Å². The molecule has 0 aliphatic carbocycles. The van der Waals surface area contributed by atoms with Gasteiger partial charge in [0.25, 0.3) is 0 Å². The lowest BCUT2D eigenvalue weighted by Gasteiger charge is -2.01. The molecule has 2 N–H and O–H groups in total. The summed E-state index contributed by atoms with van der Waals surface area (Å²) in [5.41, 5.74) is 3.06. The van der Waals surface area contributed by atoms with E-state index < -0.39 is 0 Å². The van der Waals surface area contributed by atoms with E-state index in [2.05, 4.69) is 40.9 Å². The molecule has 3 heterocycles. The van der Waals surface area contributed by atoms with Crippen LogP contribution in [0.5, 0.6) is 0 Å². The number of aromatic amines is 1. The fourth-order valence-corrected chi connectivity index (χ4v) is 2.53. The van der Waals surface area contributed by atoms with Gasteiger partial charge in [-0.2, -0.15) is 15.3 Å². The molecule has 0 spiro atoms. The normalized spacial score (nSPS) is 11.2. The largest absolute Gasteiger partial charge is 0.370 e. The van der Waals surface area contributed by atoms with Gasteiger partial charge in [-0.1, -0.05) is 12.1 Å². The lowest BCUT2D eigenvalue weighted by Crippen LogP contribution is -1.87. The van der Waals surface area contributed by atoms with Crippen LogP contribution in [0.2, 0.25) is 0 Å². The summed E-state index contributed by atoms with van der Waals surface area (Å²) in [7, 11) is 1.79. The second-order valence-electron chi connectivity index (χ2n) is 5.25. The van der Waals surface area contributed by atoms with Crippen LogP contribution in [0.25, 0.3) is 22.0 Å². The Kier molecular flexibility index (Phi) is 3.83. The number of hydrogen-bond acceptors (Lipinski definition) is 7. The fourth-order valence-electron chi connectivity index (χ4n) is 2.53. The van der Waals surface area contributed by atoms with Crippen molar-refractivity contribution in [1.29, 1.82) is 0 Å². The van der Waals surface area contributed by atoms with Gasteiger partial charge in [0.2, 0.25) is 0 Å². The van der Waals surface area contributed by atoms with Crippen LogP contribution in [0.4, 0.5) is 17.2 Å². The number of benzene rings is 1. The summed E-state index contributed by atoms with van der Waals surface area (Å²) in [6.07, 6.45) is 6.83. The fraction of sp³-hybridized carbons (Fsp3) is 0.0588. The van der Waals surface area contributed by atoms with E-state index in [0.717, 1.165) is 27.7 Å². The molecule has 4 aromatic rings. The molecule has 0 fully saturated rings. The number of fused-ring (bicyclic) bond motifs is 1. The first-order valence-electron chi connectivity index (χ1n) is 7.64. The van der Waals surface area contributed by atoms with Crippen molar-refractivity contribution in [3.05, 3.63) is 55.1 Å². The van der Waals surface area contributed by atoms with Crippen LogP contribution in [0.15, 0.2) is 65.3 Å². The highest BCUT2D eigenvalue weighted by molar-refractivity contribution is 5.91. The summed E-state index contributed by atoms with van der Waals surface area (Å²) in [6.45, 7) is 0. The van der Waals surface area contributed by atoms with E-state index in [4.69, 9.17) is 0 Å². The van der Waals surface area contributed by atoms with Gasteiger partial charge in [0.05, 0.1) is 23.8 Å². The minimum Gasteiger partial charge on any atom is -0.370 e. The smallest absolute Gasteiger partial charge is 0.176 e. The van der Waals surface area contributed by atoms with Crippen LogP contribution < -0.4 is 5.32 Å². The molecule has 0 radical (unpaired) electrons. The van der Waals surface area contributed by atoms with Gasteiger partial charge < -0.3 is 5.32 Å². The SMILES string of the molecule is CNc1n[nH]c(-c2ccncc2)c1N=Nc1cccc2cnncc12. The van der Waals surface area contributed by atoms with Gasteiger partial charge in [0.1, 0.15) is 0 Å². The number of azo groups is 1. The molecular formula is C17H14N8. The van der Waals surface area contributed by atoms with Crippen molar-refractivity contribution >= 4 is 28.0 Å². The Morgan fingerprint density at radius 3 is 2.68 bits per heavy atom. The molecule has 8 nitrogen and oxygen atoms in total. The zero-order valence-corrected chi connectivity index (χ0v) is 13.4. The highest BCUT2D eigenvalue weighted by Crippen LogP contribution is 2.36. The summed E-state index contributed by atoms with van der Waals surface area (Å²) in [6, 6.07) is 9.54. The molecule has 0 atom stereocenters. The molecule has 0 amide bonds. The van der Waals surface area contributed by atoms with Crippen molar-refractivity contribution < 1.29 is 0 Å². The van der Waals surface area contributed by atoms with Crippen LogP contribution in [-0.2, 0) is 0 Å². The molecular weight excluding hydrogens is 316 g/mol. The number of pyridine rings is 1. The molecule has 4 rings (SSSR count). The van der Waals surface area contributed by atoms with Gasteiger partial charge in [-0.25, -0.2) is 0 Å². The predicted octanol–water partition coefficient (Wildman–Crippen LogP) is 3.87. The molecule has 0 saturated carbocycles. The molecule has 0 aliphatic rings. The molecule has 8 heteroatoms. The maximum absolute atomic E-state index is 4.43. The van der Waals surface area contributed by atoms with Crippen LogP contribution in [0, 0.1) is 0 Å². The second-order valence-corrected chi connectivity index (χ2v) is 5.25. The Hall–Kier alpha value is -3.68. The summed E-state index contributed by atoms with van der Waals surface area (Å²) < 4.78 is 0. The monoisotopic (exact) mass is 330 g/mol. The number of H-pyrrole nitrogens is 1. The highest BCUT2D eigenvalue weighted by Gasteiger charge is 2.14. The third-order valence-electron chi connectivity index (χ3n) is 3.77. The van der Waals surface area contributed by atoms with Gasteiger partial charge in [0.15, 0.2) is 11.5 Å². The van der Waals surface area contributed by atoms with Crippen molar-refractivity contribution in [1.82, 2.24) is 25.4 Å².